The molecule has 0 amide bonds. The first-order valence-electron chi connectivity index (χ1n) is 7.67. The molecule has 5 nitrogen and oxygen atoms in total. The molecule has 2 aliphatic heterocycles. The number of hydrogen-bond acceptors (Lipinski definition) is 5. The number of methoxy groups -OCH3 is 1. The molecule has 0 N–H and O–H groups in total. The monoisotopic (exact) mass is 362 g/mol. The summed E-state index contributed by atoms with van der Waals surface area (Å²) >= 11 is 0. The Kier molecular flexibility index (Phi) is 5.83. The average Bonchev–Trinajstić information content (AvgIpc) is 2.78. The SMILES string of the molecule is COC(=O)C1C(OC(=O)c2ccccc2)CC2CCC1N2C.[Co]. The third-order valence-electron chi connectivity index (χ3n) is 4.96. The minimum Gasteiger partial charge on any atom is -0.469 e. The Morgan fingerprint density at radius 2 is 1.87 bits per heavy atom. The van der Waals surface area contributed by atoms with Gasteiger partial charge in [0.15, 0.2) is 0 Å². The Hall–Kier alpha value is -1.37. The van der Waals surface area contributed by atoms with Crippen molar-refractivity contribution in [2.45, 2.75) is 37.5 Å². The molecule has 2 aliphatic rings. The summed E-state index contributed by atoms with van der Waals surface area (Å²) in [6.45, 7) is 0. The summed E-state index contributed by atoms with van der Waals surface area (Å²) in [6.07, 6.45) is 2.26. The van der Waals surface area contributed by atoms with Crippen LogP contribution in [0.3, 0.4) is 0 Å². The van der Waals surface area contributed by atoms with Gasteiger partial charge in [0, 0.05) is 35.3 Å². The molecule has 2 heterocycles. The van der Waals surface area contributed by atoms with E-state index in [-0.39, 0.29) is 34.8 Å². The van der Waals surface area contributed by atoms with Crippen molar-refractivity contribution in [2.24, 2.45) is 5.92 Å². The second-order valence-corrected chi connectivity index (χ2v) is 6.06. The van der Waals surface area contributed by atoms with Crippen LogP contribution in [0.15, 0.2) is 30.3 Å². The van der Waals surface area contributed by atoms with Gasteiger partial charge in [-0.05, 0) is 32.0 Å². The quantitative estimate of drug-likeness (QED) is 0.769. The van der Waals surface area contributed by atoms with Gasteiger partial charge in [0.05, 0.1) is 12.7 Å². The molecule has 2 bridgehead atoms. The van der Waals surface area contributed by atoms with Crippen LogP contribution in [0.1, 0.15) is 29.6 Å². The maximum atomic E-state index is 12.3. The van der Waals surface area contributed by atoms with E-state index < -0.39 is 12.0 Å². The maximum absolute atomic E-state index is 12.3. The summed E-state index contributed by atoms with van der Waals surface area (Å²) in [5.41, 5.74) is 0.511. The molecule has 2 fully saturated rings. The topological polar surface area (TPSA) is 55.8 Å². The third-order valence-corrected chi connectivity index (χ3v) is 4.96. The van der Waals surface area contributed by atoms with Gasteiger partial charge in [-0.1, -0.05) is 18.2 Å². The van der Waals surface area contributed by atoms with Crippen molar-refractivity contribution in [1.82, 2.24) is 4.90 Å². The van der Waals surface area contributed by atoms with Crippen molar-refractivity contribution in [1.29, 1.82) is 0 Å². The van der Waals surface area contributed by atoms with E-state index in [1.54, 1.807) is 24.3 Å². The molecule has 6 heteroatoms. The standard InChI is InChI=1S/C17H21NO4.Co/c1-18-12-8-9-13(18)15(17(20)21-2)14(10-12)22-16(19)11-6-4-3-5-7-11;/h3-7,12-15H,8-10H2,1-2H3;. The predicted molar refractivity (Wildman–Crippen MR) is 80.3 cm³/mol. The molecule has 1 radical (unpaired) electrons. The van der Waals surface area contributed by atoms with Crippen LogP contribution in [0.2, 0.25) is 0 Å². The number of ether oxygens (including phenoxy) is 2. The fourth-order valence-corrected chi connectivity index (χ4v) is 3.77. The van der Waals surface area contributed by atoms with Gasteiger partial charge in [0.2, 0.25) is 0 Å². The first-order valence-corrected chi connectivity index (χ1v) is 7.67. The summed E-state index contributed by atoms with van der Waals surface area (Å²) in [5.74, 6) is -1.06. The predicted octanol–water partition coefficient (Wildman–Crippen LogP) is 1.87. The Morgan fingerprint density at radius 1 is 1.17 bits per heavy atom. The van der Waals surface area contributed by atoms with Gasteiger partial charge in [-0.3, -0.25) is 9.69 Å². The van der Waals surface area contributed by atoms with Crippen LogP contribution in [0, 0.1) is 5.92 Å². The van der Waals surface area contributed by atoms with Gasteiger partial charge in [-0.15, -0.1) is 0 Å². The van der Waals surface area contributed by atoms with Gasteiger partial charge in [-0.25, -0.2) is 4.79 Å². The zero-order chi connectivity index (χ0) is 15.7. The number of carbonyl (C=O) groups is 2. The van der Waals surface area contributed by atoms with Gasteiger partial charge in [0.1, 0.15) is 12.0 Å². The number of fused-ring (bicyclic) bond motifs is 2. The molecule has 1 aromatic carbocycles. The number of piperidine rings is 1. The van der Waals surface area contributed by atoms with Gasteiger partial charge in [-0.2, -0.15) is 0 Å². The van der Waals surface area contributed by atoms with Crippen molar-refractivity contribution in [3.63, 3.8) is 0 Å². The van der Waals surface area contributed by atoms with E-state index in [0.29, 0.717) is 18.0 Å². The van der Waals surface area contributed by atoms with E-state index in [1.165, 1.54) is 7.11 Å². The van der Waals surface area contributed by atoms with Crippen LogP contribution in [0.5, 0.6) is 0 Å². The molecule has 4 unspecified atom stereocenters. The molecular weight excluding hydrogens is 341 g/mol. The first kappa shape index (κ1) is 18.0. The van der Waals surface area contributed by atoms with Crippen molar-refractivity contribution < 1.29 is 35.8 Å². The molecular formula is C17H21CoNO4. The van der Waals surface area contributed by atoms with Gasteiger partial charge >= 0.3 is 11.9 Å². The minimum atomic E-state index is -0.408. The number of benzene rings is 1. The second kappa shape index (κ2) is 7.46. The summed E-state index contributed by atoms with van der Waals surface area (Å²) in [6, 6.07) is 9.36. The number of hydrogen-bond donors (Lipinski definition) is 0. The summed E-state index contributed by atoms with van der Waals surface area (Å²) < 4.78 is 10.6. The zero-order valence-corrected chi connectivity index (χ0v) is 14.3. The van der Waals surface area contributed by atoms with Crippen molar-refractivity contribution in [3.8, 4) is 0 Å². The Morgan fingerprint density at radius 3 is 2.52 bits per heavy atom. The summed E-state index contributed by atoms with van der Waals surface area (Å²) in [4.78, 5) is 26.7. The normalized spacial score (nSPS) is 29.5. The number of rotatable bonds is 3. The average molecular weight is 362 g/mol. The van der Waals surface area contributed by atoms with Crippen LogP contribution in [-0.4, -0.2) is 49.2 Å². The van der Waals surface area contributed by atoms with Crippen LogP contribution in [0.25, 0.3) is 0 Å². The number of carbonyl (C=O) groups excluding carboxylic acids is 2. The maximum Gasteiger partial charge on any atom is 0.338 e. The number of esters is 2. The van der Waals surface area contributed by atoms with Crippen molar-refractivity contribution >= 4 is 11.9 Å². The minimum absolute atomic E-state index is 0. The summed E-state index contributed by atoms with van der Waals surface area (Å²) in [5, 5.41) is 0. The third kappa shape index (κ3) is 3.44. The molecule has 1 aromatic rings. The fourth-order valence-electron chi connectivity index (χ4n) is 3.77. The molecule has 4 atom stereocenters. The first-order chi connectivity index (χ1) is 10.6. The Bertz CT molecular complexity index is 565. The molecule has 0 aromatic heterocycles. The van der Waals surface area contributed by atoms with E-state index in [9.17, 15) is 9.59 Å². The van der Waals surface area contributed by atoms with E-state index in [4.69, 9.17) is 9.47 Å². The molecule has 3 rings (SSSR count). The van der Waals surface area contributed by atoms with Crippen LogP contribution in [0.4, 0.5) is 0 Å². The Balaban J connectivity index is 0.00000192. The van der Waals surface area contributed by atoms with E-state index >= 15 is 0 Å². The molecule has 23 heavy (non-hydrogen) atoms. The van der Waals surface area contributed by atoms with E-state index in [0.717, 1.165) is 12.8 Å². The van der Waals surface area contributed by atoms with E-state index in [1.807, 2.05) is 13.1 Å². The van der Waals surface area contributed by atoms with E-state index in [2.05, 4.69) is 4.90 Å². The fraction of sp³-hybridized carbons (Fsp3) is 0.529. The van der Waals surface area contributed by atoms with Crippen molar-refractivity contribution in [2.75, 3.05) is 14.2 Å². The van der Waals surface area contributed by atoms with Crippen LogP contribution >= 0.6 is 0 Å². The van der Waals surface area contributed by atoms with Crippen molar-refractivity contribution in [3.05, 3.63) is 35.9 Å². The second-order valence-electron chi connectivity index (χ2n) is 6.06. The van der Waals surface area contributed by atoms with Gasteiger partial charge < -0.3 is 9.47 Å². The largest absolute Gasteiger partial charge is 0.469 e. The van der Waals surface area contributed by atoms with Crippen LogP contribution in [-0.2, 0) is 31.0 Å². The molecule has 127 valence electrons. The molecule has 0 saturated carbocycles. The molecule has 2 saturated heterocycles. The smallest absolute Gasteiger partial charge is 0.338 e. The summed E-state index contributed by atoms with van der Waals surface area (Å²) in [7, 11) is 3.42. The van der Waals surface area contributed by atoms with Gasteiger partial charge in [0.25, 0.3) is 0 Å². The van der Waals surface area contributed by atoms with Crippen LogP contribution < -0.4 is 0 Å². The Labute approximate surface area is 146 Å². The zero-order valence-electron chi connectivity index (χ0n) is 13.2. The molecule has 0 aliphatic carbocycles. The molecule has 0 spiro atoms. The number of nitrogens with zero attached hydrogens (tertiary/aromatic N) is 1.